The van der Waals surface area contributed by atoms with E-state index >= 15 is 0 Å². The van der Waals surface area contributed by atoms with Crippen LogP contribution in [0.25, 0.3) is 44.1 Å². The van der Waals surface area contributed by atoms with E-state index < -0.39 is 30.5 Å². The van der Waals surface area contributed by atoms with Crippen molar-refractivity contribution in [3.05, 3.63) is 83.7 Å². The van der Waals surface area contributed by atoms with Gasteiger partial charge < -0.3 is 29.2 Å². The SMILES string of the molecule is COC(=O)N[C@H](C(=O)N1CCC[C@H]1c1nc2ccc(-c3ccc(-c4ccc(B5OC(C)(C)C(C)(C)O5)c5ccccc45)c4c3C3(CCCC3)CC4)cc2[nH]1)C(C)C. The van der Waals surface area contributed by atoms with Gasteiger partial charge in [-0.15, -0.1) is 0 Å². The van der Waals surface area contributed by atoms with E-state index in [2.05, 4.69) is 105 Å². The summed E-state index contributed by atoms with van der Waals surface area (Å²) in [6, 6.07) is 23.7. The fourth-order valence-corrected chi connectivity index (χ4v) is 10.3. The molecule has 1 saturated carbocycles. The lowest BCUT2D eigenvalue weighted by Crippen LogP contribution is -2.51. The Morgan fingerprint density at radius 2 is 1.60 bits per heavy atom. The second-order valence-electron chi connectivity index (χ2n) is 18.2. The number of H-pyrrole nitrogens is 1. The van der Waals surface area contributed by atoms with Crippen molar-refractivity contribution >= 4 is 46.4 Å². The Labute approximate surface area is 336 Å². The van der Waals surface area contributed by atoms with Crippen molar-refractivity contribution in [2.75, 3.05) is 13.7 Å². The van der Waals surface area contributed by atoms with E-state index in [4.69, 9.17) is 19.0 Å². The third-order valence-electron chi connectivity index (χ3n) is 14.1. The minimum atomic E-state index is -0.673. The molecule has 9 rings (SSSR count). The summed E-state index contributed by atoms with van der Waals surface area (Å²) in [4.78, 5) is 36.5. The fourth-order valence-electron chi connectivity index (χ4n) is 10.3. The molecule has 0 unspecified atom stereocenters. The molecule has 2 atom stereocenters. The lowest BCUT2D eigenvalue weighted by Gasteiger charge is -2.32. The lowest BCUT2D eigenvalue weighted by atomic mass is 9.74. The number of hydrogen-bond donors (Lipinski definition) is 2. The number of benzene rings is 4. The van der Waals surface area contributed by atoms with Crippen LogP contribution in [-0.4, -0.2) is 64.9 Å². The summed E-state index contributed by atoms with van der Waals surface area (Å²) in [6.45, 7) is 12.9. The van der Waals surface area contributed by atoms with Crippen LogP contribution in [0.15, 0.2) is 66.7 Å². The van der Waals surface area contributed by atoms with Crippen molar-refractivity contribution in [2.24, 2.45) is 5.92 Å². The summed E-state index contributed by atoms with van der Waals surface area (Å²) >= 11 is 0. The summed E-state index contributed by atoms with van der Waals surface area (Å²) in [5.74, 6) is 0.594. The van der Waals surface area contributed by atoms with E-state index in [1.54, 1.807) is 0 Å². The zero-order valence-electron chi connectivity index (χ0n) is 34.5. The predicted octanol–water partition coefficient (Wildman–Crippen LogP) is 9.15. The monoisotopic (exact) mass is 766 g/mol. The molecule has 2 saturated heterocycles. The standard InChI is InChI=1S/C47H55BN4O5/c1-28(2)41(51-44(54)55-7)43(53)52-26-12-15-39(52)42-49-37-21-16-29(27-38(37)50-42)30-17-18-33(35-22-25-47(40(30)35)23-10-11-24-47)32-19-20-36(34-14-9-8-13-31(32)34)48-56-45(3,4)46(5,6)57-48/h8-9,13-14,16-21,27-28,39,41H,10-12,15,22-26H2,1-7H3,(H,49,50)(H,51,54)/t39-,41-/m0/s1. The van der Waals surface area contributed by atoms with Crippen LogP contribution in [0.4, 0.5) is 4.79 Å². The first-order valence-electron chi connectivity index (χ1n) is 21.0. The number of aromatic nitrogens is 2. The molecule has 5 aromatic rings. The summed E-state index contributed by atoms with van der Waals surface area (Å²) in [5, 5.41) is 5.15. The number of ether oxygens (including phenoxy) is 1. The average molecular weight is 767 g/mol. The number of amides is 2. The van der Waals surface area contributed by atoms with Crippen LogP contribution in [0.5, 0.6) is 0 Å². The van der Waals surface area contributed by atoms with Crippen LogP contribution < -0.4 is 10.8 Å². The number of fused-ring (bicyclic) bond motifs is 4. The molecule has 3 fully saturated rings. The Hall–Kier alpha value is -4.67. The number of hydrogen-bond acceptors (Lipinski definition) is 6. The van der Waals surface area contributed by atoms with Gasteiger partial charge in [-0.2, -0.15) is 0 Å². The van der Waals surface area contributed by atoms with Crippen LogP contribution in [0.1, 0.15) is 109 Å². The van der Waals surface area contributed by atoms with Crippen LogP contribution in [0, 0.1) is 5.92 Å². The molecule has 4 aliphatic rings. The molecule has 9 nitrogen and oxygen atoms in total. The molecule has 0 radical (unpaired) electrons. The third kappa shape index (κ3) is 6.25. The summed E-state index contributed by atoms with van der Waals surface area (Å²) in [6.07, 6.45) is 8.31. The highest BCUT2D eigenvalue weighted by Crippen LogP contribution is 2.55. The first kappa shape index (κ1) is 37.9. The van der Waals surface area contributed by atoms with E-state index in [1.807, 2.05) is 18.7 Å². The zero-order valence-corrected chi connectivity index (χ0v) is 34.5. The highest BCUT2D eigenvalue weighted by Gasteiger charge is 2.52. The molecule has 1 aromatic heterocycles. The maximum absolute atomic E-state index is 13.8. The van der Waals surface area contributed by atoms with Crippen LogP contribution in [0.2, 0.25) is 0 Å². The Bertz CT molecular complexity index is 2380. The summed E-state index contributed by atoms with van der Waals surface area (Å²) in [7, 11) is 0.887. The topological polar surface area (TPSA) is 106 Å². The van der Waals surface area contributed by atoms with Gasteiger partial charge in [-0.1, -0.05) is 81.3 Å². The second-order valence-corrected chi connectivity index (χ2v) is 18.2. The largest absolute Gasteiger partial charge is 0.495 e. The minimum Gasteiger partial charge on any atom is -0.453 e. The van der Waals surface area contributed by atoms with Gasteiger partial charge in [-0.3, -0.25) is 4.79 Å². The van der Waals surface area contributed by atoms with Crippen LogP contribution >= 0.6 is 0 Å². The lowest BCUT2D eigenvalue weighted by molar-refractivity contribution is -0.135. The van der Waals surface area contributed by atoms with Gasteiger partial charge in [0.25, 0.3) is 0 Å². The molecule has 10 heteroatoms. The van der Waals surface area contributed by atoms with E-state index in [-0.39, 0.29) is 23.3 Å². The van der Waals surface area contributed by atoms with Crippen molar-refractivity contribution < 1.29 is 23.6 Å². The van der Waals surface area contributed by atoms with Crippen molar-refractivity contribution in [1.29, 1.82) is 0 Å². The highest BCUT2D eigenvalue weighted by atomic mass is 16.7. The molecule has 3 heterocycles. The number of rotatable bonds is 7. The number of nitrogens with one attached hydrogen (secondary N) is 2. The van der Waals surface area contributed by atoms with Gasteiger partial charge in [-0.25, -0.2) is 9.78 Å². The number of imidazole rings is 1. The predicted molar refractivity (Wildman–Crippen MR) is 227 cm³/mol. The van der Waals surface area contributed by atoms with Crippen molar-refractivity contribution in [3.63, 3.8) is 0 Å². The van der Waals surface area contributed by atoms with E-state index in [0.29, 0.717) is 6.54 Å². The Morgan fingerprint density at radius 1 is 0.895 bits per heavy atom. The van der Waals surface area contributed by atoms with Gasteiger partial charge in [0.1, 0.15) is 11.9 Å². The van der Waals surface area contributed by atoms with Crippen LogP contribution in [-0.2, 0) is 30.7 Å². The van der Waals surface area contributed by atoms with Gasteiger partial charge in [0.2, 0.25) is 5.91 Å². The molecule has 57 heavy (non-hydrogen) atoms. The van der Waals surface area contributed by atoms with Gasteiger partial charge in [0, 0.05) is 6.54 Å². The number of nitrogens with zero attached hydrogens (tertiary/aromatic N) is 2. The molecular weight excluding hydrogens is 711 g/mol. The third-order valence-corrected chi connectivity index (χ3v) is 14.1. The van der Waals surface area contributed by atoms with Gasteiger partial charge in [-0.05, 0) is 139 Å². The van der Waals surface area contributed by atoms with Crippen molar-refractivity contribution in [1.82, 2.24) is 20.2 Å². The Morgan fingerprint density at radius 3 is 2.32 bits per heavy atom. The molecular formula is C47H55BN4O5. The molecule has 2 amide bonds. The second kappa shape index (κ2) is 14.0. The first-order valence-corrected chi connectivity index (χ1v) is 21.0. The number of carbonyl (C=O) groups is 2. The molecule has 2 aliphatic carbocycles. The molecule has 1 spiro atoms. The zero-order chi connectivity index (χ0) is 39.9. The summed E-state index contributed by atoms with van der Waals surface area (Å²) in [5.41, 5.74) is 10.4. The van der Waals surface area contributed by atoms with E-state index in [1.165, 1.54) is 83.4 Å². The molecule has 0 bridgehead atoms. The van der Waals surface area contributed by atoms with E-state index in [0.717, 1.165) is 41.6 Å². The van der Waals surface area contributed by atoms with Crippen molar-refractivity contribution in [2.45, 2.75) is 122 Å². The molecule has 296 valence electrons. The summed E-state index contributed by atoms with van der Waals surface area (Å²) < 4.78 is 17.9. The first-order chi connectivity index (χ1) is 27.3. The number of alkyl carbamates (subject to hydrolysis) is 1. The molecule has 2 N–H and O–H groups in total. The van der Waals surface area contributed by atoms with Gasteiger partial charge in [0.05, 0.1) is 35.4 Å². The fraction of sp³-hybridized carbons (Fsp3) is 0.468. The number of methoxy groups -OCH3 is 1. The molecule has 2 aliphatic heterocycles. The maximum atomic E-state index is 13.8. The smallest absolute Gasteiger partial charge is 0.453 e. The van der Waals surface area contributed by atoms with Gasteiger partial charge >= 0.3 is 13.2 Å². The van der Waals surface area contributed by atoms with Crippen molar-refractivity contribution in [3.8, 4) is 22.3 Å². The minimum absolute atomic E-state index is 0.0909. The average Bonchev–Trinajstić information content (AvgIpc) is 4.04. The van der Waals surface area contributed by atoms with Crippen LogP contribution in [0.3, 0.4) is 0 Å². The van der Waals surface area contributed by atoms with E-state index in [9.17, 15) is 9.59 Å². The normalized spacial score (nSPS) is 21.2. The number of likely N-dealkylation sites (tertiary alicyclic amines) is 1. The molecule has 4 aromatic carbocycles. The maximum Gasteiger partial charge on any atom is 0.495 e. The highest BCUT2D eigenvalue weighted by molar-refractivity contribution is 6.65. The van der Waals surface area contributed by atoms with Gasteiger partial charge in [0.15, 0.2) is 0 Å². The number of aromatic amines is 1. The number of carbonyl (C=O) groups excluding carboxylic acids is 2. The quantitative estimate of drug-likeness (QED) is 0.160. The Balaban J connectivity index is 1.09. The Kier molecular flexibility index (Phi) is 9.32.